The van der Waals surface area contributed by atoms with E-state index in [0.29, 0.717) is 12.2 Å². The first-order valence-corrected chi connectivity index (χ1v) is 9.90. The van der Waals surface area contributed by atoms with Gasteiger partial charge in [0.1, 0.15) is 0 Å². The number of amides is 1. The van der Waals surface area contributed by atoms with Crippen LogP contribution in [-0.2, 0) is 6.54 Å². The highest BCUT2D eigenvalue weighted by Crippen LogP contribution is 2.16. The molecule has 0 unspecified atom stereocenters. The van der Waals surface area contributed by atoms with Crippen molar-refractivity contribution >= 4 is 11.6 Å². The second-order valence-electron chi connectivity index (χ2n) is 7.59. The van der Waals surface area contributed by atoms with Crippen LogP contribution < -0.4 is 10.2 Å². The van der Waals surface area contributed by atoms with Crippen molar-refractivity contribution < 1.29 is 4.79 Å². The van der Waals surface area contributed by atoms with Crippen molar-refractivity contribution in [1.29, 1.82) is 0 Å². The van der Waals surface area contributed by atoms with Crippen LogP contribution in [-0.4, -0.2) is 90.1 Å². The SMILES string of the molecule is C[C@H](CNC(=O)c1cn(CCN(C)C)nn1)N1CCN(c2ccccc2)CC1. The number of carbonyl (C=O) groups excluding carboxylic acids is 1. The lowest BCUT2D eigenvalue weighted by atomic mass is 10.2. The number of anilines is 1. The van der Waals surface area contributed by atoms with Gasteiger partial charge in [-0.25, -0.2) is 0 Å². The van der Waals surface area contributed by atoms with Crippen LogP contribution in [0.2, 0.25) is 0 Å². The maximum atomic E-state index is 12.4. The predicted molar refractivity (Wildman–Crippen MR) is 111 cm³/mol. The van der Waals surface area contributed by atoms with Crippen LogP contribution >= 0.6 is 0 Å². The minimum absolute atomic E-state index is 0.161. The van der Waals surface area contributed by atoms with E-state index in [-0.39, 0.29) is 11.9 Å². The molecule has 1 saturated heterocycles. The van der Waals surface area contributed by atoms with Crippen LogP contribution in [0.3, 0.4) is 0 Å². The molecule has 1 N–H and O–H groups in total. The van der Waals surface area contributed by atoms with Gasteiger partial charge in [0.2, 0.25) is 0 Å². The summed E-state index contributed by atoms with van der Waals surface area (Å²) in [4.78, 5) is 19.3. The number of aromatic nitrogens is 3. The molecule has 1 aliphatic rings. The van der Waals surface area contributed by atoms with Crippen molar-refractivity contribution in [2.75, 3.05) is 58.3 Å². The summed E-state index contributed by atoms with van der Waals surface area (Å²) in [7, 11) is 4.01. The van der Waals surface area contributed by atoms with Gasteiger partial charge in [-0.1, -0.05) is 23.4 Å². The molecule has 152 valence electrons. The number of carbonyl (C=O) groups is 1. The van der Waals surface area contributed by atoms with Crippen molar-refractivity contribution in [2.45, 2.75) is 19.5 Å². The molecule has 28 heavy (non-hydrogen) atoms. The Morgan fingerprint density at radius 2 is 1.89 bits per heavy atom. The number of hydrogen-bond donors (Lipinski definition) is 1. The molecule has 0 radical (unpaired) electrons. The fourth-order valence-corrected chi connectivity index (χ4v) is 3.33. The molecule has 1 aromatic carbocycles. The number of nitrogens with one attached hydrogen (secondary N) is 1. The Morgan fingerprint density at radius 3 is 2.57 bits per heavy atom. The maximum absolute atomic E-state index is 12.4. The van der Waals surface area contributed by atoms with E-state index in [0.717, 1.165) is 39.3 Å². The second-order valence-corrected chi connectivity index (χ2v) is 7.59. The van der Waals surface area contributed by atoms with Gasteiger partial charge in [-0.05, 0) is 33.2 Å². The molecule has 1 amide bonds. The summed E-state index contributed by atoms with van der Waals surface area (Å²) in [5.41, 5.74) is 1.65. The van der Waals surface area contributed by atoms with Crippen molar-refractivity contribution in [3.05, 3.63) is 42.2 Å². The first kappa shape index (κ1) is 20.3. The van der Waals surface area contributed by atoms with E-state index < -0.39 is 0 Å². The summed E-state index contributed by atoms with van der Waals surface area (Å²) < 4.78 is 1.71. The van der Waals surface area contributed by atoms with E-state index in [2.05, 4.69) is 61.5 Å². The molecular formula is C20H31N7O. The maximum Gasteiger partial charge on any atom is 0.273 e. The van der Waals surface area contributed by atoms with Crippen molar-refractivity contribution in [1.82, 2.24) is 30.1 Å². The quantitative estimate of drug-likeness (QED) is 0.724. The molecule has 1 fully saturated rings. The van der Waals surface area contributed by atoms with Gasteiger partial charge < -0.3 is 15.1 Å². The minimum atomic E-state index is -0.161. The molecule has 8 heteroatoms. The summed E-state index contributed by atoms with van der Waals surface area (Å²) in [5, 5.41) is 11.0. The lowest BCUT2D eigenvalue weighted by Crippen LogP contribution is -2.52. The van der Waals surface area contributed by atoms with E-state index in [1.54, 1.807) is 10.9 Å². The molecule has 2 aromatic rings. The highest BCUT2D eigenvalue weighted by atomic mass is 16.2. The molecule has 8 nitrogen and oxygen atoms in total. The Balaban J connectivity index is 1.42. The average Bonchev–Trinajstić information content (AvgIpc) is 3.20. The fourth-order valence-electron chi connectivity index (χ4n) is 3.33. The smallest absolute Gasteiger partial charge is 0.273 e. The summed E-state index contributed by atoms with van der Waals surface area (Å²) in [6.45, 7) is 8.33. The van der Waals surface area contributed by atoms with Crippen LogP contribution in [0.15, 0.2) is 36.5 Å². The van der Waals surface area contributed by atoms with Crippen LogP contribution in [0.5, 0.6) is 0 Å². The number of hydrogen-bond acceptors (Lipinski definition) is 6. The van der Waals surface area contributed by atoms with Gasteiger partial charge in [-0.15, -0.1) is 5.10 Å². The summed E-state index contributed by atoms with van der Waals surface area (Å²) in [6, 6.07) is 10.8. The third-order valence-electron chi connectivity index (χ3n) is 5.16. The molecule has 0 bridgehead atoms. The van der Waals surface area contributed by atoms with Crippen LogP contribution in [0.25, 0.3) is 0 Å². The van der Waals surface area contributed by atoms with Crippen molar-refractivity contribution in [3.63, 3.8) is 0 Å². The first-order valence-electron chi connectivity index (χ1n) is 9.90. The summed E-state index contributed by atoms with van der Waals surface area (Å²) in [6.07, 6.45) is 1.71. The van der Waals surface area contributed by atoms with Gasteiger partial charge in [0.25, 0.3) is 5.91 Å². The van der Waals surface area contributed by atoms with Crippen molar-refractivity contribution in [3.8, 4) is 0 Å². The molecule has 3 rings (SSSR count). The van der Waals surface area contributed by atoms with E-state index in [1.165, 1.54) is 5.69 Å². The molecule has 1 aromatic heterocycles. The Morgan fingerprint density at radius 1 is 1.18 bits per heavy atom. The molecule has 0 saturated carbocycles. The largest absolute Gasteiger partial charge is 0.369 e. The molecule has 0 spiro atoms. The summed E-state index contributed by atoms with van der Waals surface area (Å²) in [5.74, 6) is -0.161. The fraction of sp³-hybridized carbons (Fsp3) is 0.550. The highest BCUT2D eigenvalue weighted by molar-refractivity contribution is 5.91. The van der Waals surface area contributed by atoms with Crippen molar-refractivity contribution in [2.24, 2.45) is 0 Å². The predicted octanol–water partition coefficient (Wildman–Crippen LogP) is 0.780. The third-order valence-corrected chi connectivity index (χ3v) is 5.16. The minimum Gasteiger partial charge on any atom is -0.369 e. The molecule has 1 aliphatic heterocycles. The lowest BCUT2D eigenvalue weighted by molar-refractivity contribution is 0.0929. The summed E-state index contributed by atoms with van der Waals surface area (Å²) >= 11 is 0. The third kappa shape index (κ3) is 5.53. The average molecular weight is 386 g/mol. The second kappa shape index (κ2) is 9.66. The molecular weight excluding hydrogens is 354 g/mol. The monoisotopic (exact) mass is 385 g/mol. The number of rotatable bonds is 8. The zero-order valence-corrected chi connectivity index (χ0v) is 17.1. The Hall–Kier alpha value is -2.45. The number of piperazine rings is 1. The van der Waals surface area contributed by atoms with Gasteiger partial charge in [0.05, 0.1) is 12.7 Å². The van der Waals surface area contributed by atoms with E-state index in [1.807, 2.05) is 20.2 Å². The van der Waals surface area contributed by atoms with Gasteiger partial charge in [-0.2, -0.15) is 0 Å². The number of benzene rings is 1. The highest BCUT2D eigenvalue weighted by Gasteiger charge is 2.22. The molecule has 1 atom stereocenters. The van der Waals surface area contributed by atoms with Crippen LogP contribution in [0.4, 0.5) is 5.69 Å². The first-order chi connectivity index (χ1) is 13.5. The van der Waals surface area contributed by atoms with Gasteiger partial charge in [0, 0.05) is 51.0 Å². The number of para-hydroxylation sites is 1. The van der Waals surface area contributed by atoms with Gasteiger partial charge in [0.15, 0.2) is 5.69 Å². The standard InChI is InChI=1S/C20H31N7O/c1-17(25-10-12-26(13-11-25)18-7-5-4-6-8-18)15-21-20(28)19-16-27(23-22-19)14-9-24(2)3/h4-8,16-17H,9-15H2,1-3H3,(H,21,28)/t17-/m1/s1. The van der Waals surface area contributed by atoms with E-state index in [4.69, 9.17) is 0 Å². The van der Waals surface area contributed by atoms with Gasteiger partial charge >= 0.3 is 0 Å². The molecule has 2 heterocycles. The van der Waals surface area contributed by atoms with Crippen LogP contribution in [0.1, 0.15) is 17.4 Å². The Bertz CT molecular complexity index is 738. The Labute approximate surface area is 167 Å². The normalized spacial score (nSPS) is 16.4. The zero-order valence-electron chi connectivity index (χ0n) is 17.1. The van der Waals surface area contributed by atoms with Crippen LogP contribution in [0, 0.1) is 0 Å². The Kier molecular flexibility index (Phi) is 7.00. The van der Waals surface area contributed by atoms with Gasteiger partial charge in [-0.3, -0.25) is 14.4 Å². The van der Waals surface area contributed by atoms with E-state index in [9.17, 15) is 4.79 Å². The molecule has 0 aliphatic carbocycles. The topological polar surface area (TPSA) is 69.5 Å². The van der Waals surface area contributed by atoms with E-state index >= 15 is 0 Å². The zero-order chi connectivity index (χ0) is 19.9. The lowest BCUT2D eigenvalue weighted by Gasteiger charge is -2.39. The number of likely N-dealkylation sites (N-methyl/N-ethyl adjacent to an activating group) is 1. The number of nitrogens with zero attached hydrogens (tertiary/aromatic N) is 6.